The Labute approximate surface area is 83.9 Å². The van der Waals surface area contributed by atoms with Crippen molar-refractivity contribution >= 4 is 16.5 Å². The fourth-order valence-electron chi connectivity index (χ4n) is 1.65. The Hall–Kier alpha value is -1.76. The minimum atomic E-state index is 0.619. The van der Waals surface area contributed by atoms with Crippen LogP contribution in [0.5, 0.6) is 0 Å². The van der Waals surface area contributed by atoms with Crippen LogP contribution in [0.25, 0.3) is 16.5 Å². The van der Waals surface area contributed by atoms with Crippen molar-refractivity contribution in [3.05, 3.63) is 54.1 Å². The van der Waals surface area contributed by atoms with Gasteiger partial charge in [0.1, 0.15) is 0 Å². The van der Waals surface area contributed by atoms with Gasteiger partial charge in [0.2, 0.25) is 0 Å². The molecule has 0 spiro atoms. The SMILES string of the molecule is C=C(N)c1ccc2c(C)cccc2c1. The van der Waals surface area contributed by atoms with Crippen LogP contribution < -0.4 is 5.73 Å². The van der Waals surface area contributed by atoms with Crippen molar-refractivity contribution in [1.82, 2.24) is 0 Å². The first-order valence-electron chi connectivity index (χ1n) is 4.62. The van der Waals surface area contributed by atoms with E-state index in [2.05, 4.69) is 43.8 Å². The van der Waals surface area contributed by atoms with Gasteiger partial charge in [-0.15, -0.1) is 0 Å². The number of hydrogen-bond donors (Lipinski definition) is 1. The van der Waals surface area contributed by atoms with E-state index in [1.165, 1.54) is 16.3 Å². The zero-order valence-electron chi connectivity index (χ0n) is 8.25. The van der Waals surface area contributed by atoms with Gasteiger partial charge in [-0.1, -0.05) is 36.9 Å². The van der Waals surface area contributed by atoms with Gasteiger partial charge in [-0.25, -0.2) is 0 Å². The van der Waals surface area contributed by atoms with E-state index in [9.17, 15) is 0 Å². The molecule has 0 bridgehead atoms. The molecule has 2 N–H and O–H groups in total. The van der Waals surface area contributed by atoms with Crippen LogP contribution in [0.1, 0.15) is 11.1 Å². The highest BCUT2D eigenvalue weighted by molar-refractivity contribution is 5.88. The Bertz CT molecular complexity index is 498. The van der Waals surface area contributed by atoms with Gasteiger partial charge in [0.25, 0.3) is 0 Å². The molecule has 14 heavy (non-hydrogen) atoms. The summed E-state index contributed by atoms with van der Waals surface area (Å²) in [4.78, 5) is 0. The molecule has 0 aromatic heterocycles. The summed E-state index contributed by atoms with van der Waals surface area (Å²) in [6, 6.07) is 12.4. The molecular formula is C13H13N. The number of rotatable bonds is 1. The molecule has 0 atom stereocenters. The molecule has 0 aliphatic carbocycles. The standard InChI is InChI=1S/C13H13N/c1-9-4-3-5-12-8-11(10(2)14)6-7-13(9)12/h3-8H,2,14H2,1H3. The number of fused-ring (bicyclic) bond motifs is 1. The zero-order valence-corrected chi connectivity index (χ0v) is 8.25. The molecule has 70 valence electrons. The fourth-order valence-corrected chi connectivity index (χ4v) is 1.65. The highest BCUT2D eigenvalue weighted by atomic mass is 14.6. The Kier molecular flexibility index (Phi) is 2.01. The van der Waals surface area contributed by atoms with Crippen LogP contribution in [-0.2, 0) is 0 Å². The zero-order chi connectivity index (χ0) is 10.1. The first-order chi connectivity index (χ1) is 6.68. The first-order valence-corrected chi connectivity index (χ1v) is 4.62. The van der Waals surface area contributed by atoms with Gasteiger partial charge in [-0.3, -0.25) is 0 Å². The molecule has 0 aliphatic rings. The molecule has 2 rings (SSSR count). The molecule has 1 nitrogen and oxygen atoms in total. The first kappa shape index (κ1) is 8.82. The van der Waals surface area contributed by atoms with Crippen molar-refractivity contribution in [2.45, 2.75) is 6.92 Å². The Morgan fingerprint density at radius 1 is 1.21 bits per heavy atom. The average molecular weight is 183 g/mol. The van der Waals surface area contributed by atoms with Crippen molar-refractivity contribution in [2.75, 3.05) is 0 Å². The highest BCUT2D eigenvalue weighted by Gasteiger charge is 1.98. The van der Waals surface area contributed by atoms with Crippen molar-refractivity contribution in [1.29, 1.82) is 0 Å². The normalized spacial score (nSPS) is 10.4. The number of nitrogens with two attached hydrogens (primary N) is 1. The monoisotopic (exact) mass is 183 g/mol. The number of aryl methyl sites for hydroxylation is 1. The Balaban J connectivity index is 2.73. The summed E-state index contributed by atoms with van der Waals surface area (Å²) in [5.74, 6) is 0. The van der Waals surface area contributed by atoms with E-state index >= 15 is 0 Å². The molecule has 0 aliphatic heterocycles. The lowest BCUT2D eigenvalue weighted by atomic mass is 10.0. The van der Waals surface area contributed by atoms with E-state index in [1.54, 1.807) is 0 Å². The molecule has 0 saturated heterocycles. The molecule has 0 unspecified atom stereocenters. The Morgan fingerprint density at radius 2 is 2.00 bits per heavy atom. The third kappa shape index (κ3) is 1.37. The van der Waals surface area contributed by atoms with Gasteiger partial charge in [0.15, 0.2) is 0 Å². The van der Waals surface area contributed by atoms with Crippen LogP contribution in [0.3, 0.4) is 0 Å². The fraction of sp³-hybridized carbons (Fsp3) is 0.0769. The molecule has 0 saturated carbocycles. The van der Waals surface area contributed by atoms with E-state index < -0.39 is 0 Å². The lowest BCUT2D eigenvalue weighted by molar-refractivity contribution is 1.51. The van der Waals surface area contributed by atoms with Gasteiger partial charge in [0.05, 0.1) is 0 Å². The van der Waals surface area contributed by atoms with Gasteiger partial charge in [-0.2, -0.15) is 0 Å². The molecule has 0 radical (unpaired) electrons. The van der Waals surface area contributed by atoms with Gasteiger partial charge >= 0.3 is 0 Å². The van der Waals surface area contributed by atoms with E-state index in [-0.39, 0.29) is 0 Å². The second kappa shape index (κ2) is 3.18. The third-order valence-electron chi connectivity index (χ3n) is 2.47. The molecule has 0 amide bonds. The number of hydrogen-bond acceptors (Lipinski definition) is 1. The molecule has 1 heteroatoms. The van der Waals surface area contributed by atoms with Crippen LogP contribution in [0.2, 0.25) is 0 Å². The van der Waals surface area contributed by atoms with Crippen LogP contribution >= 0.6 is 0 Å². The van der Waals surface area contributed by atoms with Crippen molar-refractivity contribution in [3.8, 4) is 0 Å². The molecule has 2 aromatic carbocycles. The molecule has 0 fully saturated rings. The molecule has 0 heterocycles. The van der Waals surface area contributed by atoms with E-state index in [4.69, 9.17) is 5.73 Å². The summed E-state index contributed by atoms with van der Waals surface area (Å²) in [6.07, 6.45) is 0. The lowest BCUT2D eigenvalue weighted by Gasteiger charge is -2.04. The largest absolute Gasteiger partial charge is 0.399 e. The summed E-state index contributed by atoms with van der Waals surface area (Å²) in [5.41, 5.74) is 8.56. The van der Waals surface area contributed by atoms with Crippen LogP contribution in [0.15, 0.2) is 43.0 Å². The van der Waals surface area contributed by atoms with Crippen molar-refractivity contribution in [3.63, 3.8) is 0 Å². The summed E-state index contributed by atoms with van der Waals surface area (Å²) in [7, 11) is 0. The summed E-state index contributed by atoms with van der Waals surface area (Å²) in [5, 5.41) is 2.49. The van der Waals surface area contributed by atoms with E-state index in [1.807, 2.05) is 6.07 Å². The minimum absolute atomic E-state index is 0.619. The summed E-state index contributed by atoms with van der Waals surface area (Å²) < 4.78 is 0. The minimum Gasteiger partial charge on any atom is -0.399 e. The van der Waals surface area contributed by atoms with Crippen molar-refractivity contribution < 1.29 is 0 Å². The van der Waals surface area contributed by atoms with E-state index in [0.29, 0.717) is 5.70 Å². The highest BCUT2D eigenvalue weighted by Crippen LogP contribution is 2.21. The quantitative estimate of drug-likeness (QED) is 0.722. The second-order valence-electron chi connectivity index (χ2n) is 3.54. The Morgan fingerprint density at radius 3 is 2.71 bits per heavy atom. The average Bonchev–Trinajstić information content (AvgIpc) is 2.17. The molecule has 2 aromatic rings. The van der Waals surface area contributed by atoms with Crippen molar-refractivity contribution in [2.24, 2.45) is 5.73 Å². The van der Waals surface area contributed by atoms with Crippen LogP contribution in [0.4, 0.5) is 0 Å². The smallest absolute Gasteiger partial charge is 0.0314 e. The van der Waals surface area contributed by atoms with Gasteiger partial charge in [0, 0.05) is 5.70 Å². The predicted octanol–water partition coefficient (Wildman–Crippen LogP) is 3.08. The predicted molar refractivity (Wildman–Crippen MR) is 61.9 cm³/mol. The van der Waals surface area contributed by atoms with Gasteiger partial charge in [-0.05, 0) is 34.9 Å². The summed E-state index contributed by atoms with van der Waals surface area (Å²) >= 11 is 0. The topological polar surface area (TPSA) is 26.0 Å². The second-order valence-corrected chi connectivity index (χ2v) is 3.54. The maximum absolute atomic E-state index is 5.65. The molecular weight excluding hydrogens is 170 g/mol. The maximum atomic E-state index is 5.65. The van der Waals surface area contributed by atoms with Gasteiger partial charge < -0.3 is 5.73 Å². The van der Waals surface area contributed by atoms with Crippen LogP contribution in [0, 0.1) is 6.92 Å². The third-order valence-corrected chi connectivity index (χ3v) is 2.47. The lowest BCUT2D eigenvalue weighted by Crippen LogP contribution is -1.93. The van der Waals surface area contributed by atoms with E-state index in [0.717, 1.165) is 5.56 Å². The maximum Gasteiger partial charge on any atom is 0.0314 e. The summed E-state index contributed by atoms with van der Waals surface area (Å²) in [6.45, 7) is 5.84. The number of benzene rings is 2. The van der Waals surface area contributed by atoms with Crippen LogP contribution in [-0.4, -0.2) is 0 Å².